The topological polar surface area (TPSA) is 21.3 Å². The van der Waals surface area contributed by atoms with E-state index in [1.807, 2.05) is 0 Å². The summed E-state index contributed by atoms with van der Waals surface area (Å²) in [5, 5.41) is 3.63. The fourth-order valence-electron chi connectivity index (χ4n) is 1.76. The Bertz CT molecular complexity index is 143. The lowest BCUT2D eigenvalue weighted by Crippen LogP contribution is -2.33. The maximum atomic E-state index is 5.59. The minimum atomic E-state index is 0.376. The van der Waals surface area contributed by atoms with Crippen molar-refractivity contribution in [1.29, 1.82) is 0 Å². The van der Waals surface area contributed by atoms with Crippen molar-refractivity contribution in [2.45, 2.75) is 58.6 Å². The van der Waals surface area contributed by atoms with Crippen LogP contribution in [0.3, 0.4) is 0 Å². The van der Waals surface area contributed by atoms with Crippen LogP contribution in [0.4, 0.5) is 0 Å². The highest BCUT2D eigenvalue weighted by atomic mass is 16.5. The molecule has 1 aliphatic carbocycles. The summed E-state index contributed by atoms with van der Waals surface area (Å²) in [6.07, 6.45) is 5.63. The highest BCUT2D eigenvalue weighted by Crippen LogP contribution is 2.34. The highest BCUT2D eigenvalue weighted by molar-refractivity contribution is 4.86. The summed E-state index contributed by atoms with van der Waals surface area (Å²) in [5.74, 6) is 0.942. The molecule has 1 aliphatic rings. The Kier molecular flexibility index (Phi) is 5.49. The van der Waals surface area contributed by atoms with E-state index >= 15 is 0 Å². The zero-order valence-corrected chi connectivity index (χ0v) is 9.88. The molecule has 2 nitrogen and oxygen atoms in total. The van der Waals surface area contributed by atoms with E-state index in [-0.39, 0.29) is 0 Å². The SMILES string of the molecule is CCCNC(CCOC(C)C)C1CC1. The van der Waals surface area contributed by atoms with Crippen molar-refractivity contribution < 1.29 is 4.74 Å². The van der Waals surface area contributed by atoms with E-state index in [9.17, 15) is 0 Å². The predicted octanol–water partition coefficient (Wildman–Crippen LogP) is 2.58. The molecule has 1 fully saturated rings. The number of ether oxygens (including phenoxy) is 1. The van der Waals surface area contributed by atoms with Crippen LogP contribution in [0.15, 0.2) is 0 Å². The molecule has 1 N–H and O–H groups in total. The lowest BCUT2D eigenvalue weighted by atomic mass is 10.1. The van der Waals surface area contributed by atoms with Crippen molar-refractivity contribution in [3.63, 3.8) is 0 Å². The Labute approximate surface area is 88.4 Å². The summed E-state index contributed by atoms with van der Waals surface area (Å²) in [6, 6.07) is 0.716. The second-order valence-electron chi connectivity index (χ2n) is 4.61. The molecule has 0 bridgehead atoms. The predicted molar refractivity (Wildman–Crippen MR) is 60.5 cm³/mol. The van der Waals surface area contributed by atoms with Crippen LogP contribution in [-0.4, -0.2) is 25.3 Å². The summed E-state index contributed by atoms with van der Waals surface area (Å²) in [7, 11) is 0. The van der Waals surface area contributed by atoms with Gasteiger partial charge < -0.3 is 10.1 Å². The van der Waals surface area contributed by atoms with Gasteiger partial charge in [0.15, 0.2) is 0 Å². The molecule has 0 aromatic rings. The lowest BCUT2D eigenvalue weighted by Gasteiger charge is -2.18. The Morgan fingerprint density at radius 3 is 2.57 bits per heavy atom. The molecular formula is C12H25NO. The minimum Gasteiger partial charge on any atom is -0.379 e. The molecule has 1 unspecified atom stereocenters. The largest absolute Gasteiger partial charge is 0.379 e. The van der Waals surface area contributed by atoms with Crippen LogP contribution in [0.2, 0.25) is 0 Å². The maximum absolute atomic E-state index is 5.59. The second-order valence-corrected chi connectivity index (χ2v) is 4.61. The molecule has 0 spiro atoms. The van der Waals surface area contributed by atoms with Gasteiger partial charge in [0.1, 0.15) is 0 Å². The van der Waals surface area contributed by atoms with Gasteiger partial charge in [-0.05, 0) is 52.0 Å². The fourth-order valence-corrected chi connectivity index (χ4v) is 1.76. The van der Waals surface area contributed by atoms with Crippen LogP contribution >= 0.6 is 0 Å². The average molecular weight is 199 g/mol. The molecule has 1 rings (SSSR count). The Hall–Kier alpha value is -0.0800. The molecule has 0 heterocycles. The van der Waals surface area contributed by atoms with Gasteiger partial charge in [0.2, 0.25) is 0 Å². The molecule has 1 saturated carbocycles. The van der Waals surface area contributed by atoms with E-state index in [0.717, 1.165) is 19.1 Å². The molecule has 0 radical (unpaired) electrons. The summed E-state index contributed by atoms with van der Waals surface area (Å²) in [4.78, 5) is 0. The first-order chi connectivity index (χ1) is 6.74. The van der Waals surface area contributed by atoms with E-state index in [1.54, 1.807) is 0 Å². The first kappa shape index (κ1) is 12.0. The van der Waals surface area contributed by atoms with Crippen LogP contribution in [0.1, 0.15) is 46.5 Å². The molecule has 14 heavy (non-hydrogen) atoms. The Morgan fingerprint density at radius 1 is 1.36 bits per heavy atom. The Balaban J connectivity index is 2.08. The number of hydrogen-bond acceptors (Lipinski definition) is 2. The van der Waals surface area contributed by atoms with Crippen molar-refractivity contribution >= 4 is 0 Å². The molecule has 84 valence electrons. The van der Waals surface area contributed by atoms with Gasteiger partial charge >= 0.3 is 0 Å². The summed E-state index contributed by atoms with van der Waals surface area (Å²) >= 11 is 0. The monoisotopic (exact) mass is 199 g/mol. The average Bonchev–Trinajstić information content (AvgIpc) is 2.93. The quantitative estimate of drug-likeness (QED) is 0.649. The molecule has 0 aromatic carbocycles. The third-order valence-corrected chi connectivity index (χ3v) is 2.73. The number of hydrogen-bond donors (Lipinski definition) is 1. The fraction of sp³-hybridized carbons (Fsp3) is 1.00. The highest BCUT2D eigenvalue weighted by Gasteiger charge is 2.30. The van der Waals surface area contributed by atoms with E-state index in [4.69, 9.17) is 4.74 Å². The van der Waals surface area contributed by atoms with Gasteiger partial charge in [-0.15, -0.1) is 0 Å². The molecule has 1 atom stereocenters. The van der Waals surface area contributed by atoms with Crippen molar-refractivity contribution in [1.82, 2.24) is 5.32 Å². The van der Waals surface area contributed by atoms with Crippen molar-refractivity contribution in [2.24, 2.45) is 5.92 Å². The van der Waals surface area contributed by atoms with Crippen LogP contribution in [0, 0.1) is 5.92 Å². The maximum Gasteiger partial charge on any atom is 0.0518 e. The molecule has 0 aromatic heterocycles. The first-order valence-electron chi connectivity index (χ1n) is 6.09. The zero-order chi connectivity index (χ0) is 10.4. The van der Waals surface area contributed by atoms with Crippen molar-refractivity contribution in [2.75, 3.05) is 13.2 Å². The van der Waals surface area contributed by atoms with Crippen LogP contribution in [-0.2, 0) is 4.74 Å². The smallest absolute Gasteiger partial charge is 0.0518 e. The number of nitrogens with one attached hydrogen (secondary N) is 1. The Morgan fingerprint density at radius 2 is 2.07 bits per heavy atom. The lowest BCUT2D eigenvalue weighted by molar-refractivity contribution is 0.0701. The van der Waals surface area contributed by atoms with Gasteiger partial charge in [-0.2, -0.15) is 0 Å². The van der Waals surface area contributed by atoms with Crippen LogP contribution < -0.4 is 5.32 Å². The van der Waals surface area contributed by atoms with Gasteiger partial charge in [-0.25, -0.2) is 0 Å². The second kappa shape index (κ2) is 6.41. The molecule has 0 aliphatic heterocycles. The zero-order valence-electron chi connectivity index (χ0n) is 9.88. The number of rotatable bonds is 8. The van der Waals surface area contributed by atoms with Gasteiger partial charge in [0.05, 0.1) is 6.10 Å². The van der Waals surface area contributed by atoms with Crippen molar-refractivity contribution in [3.8, 4) is 0 Å². The van der Waals surface area contributed by atoms with Gasteiger partial charge in [0, 0.05) is 12.6 Å². The molecule has 2 heteroatoms. The molecule has 0 amide bonds. The van der Waals surface area contributed by atoms with Gasteiger partial charge in [-0.1, -0.05) is 6.92 Å². The molecular weight excluding hydrogens is 174 g/mol. The van der Waals surface area contributed by atoms with Gasteiger partial charge in [-0.3, -0.25) is 0 Å². The van der Waals surface area contributed by atoms with E-state index in [2.05, 4.69) is 26.1 Å². The van der Waals surface area contributed by atoms with Crippen LogP contribution in [0.25, 0.3) is 0 Å². The molecule has 0 saturated heterocycles. The third kappa shape index (κ3) is 4.97. The third-order valence-electron chi connectivity index (χ3n) is 2.73. The normalized spacial score (nSPS) is 18.9. The summed E-state index contributed by atoms with van der Waals surface area (Å²) in [5.41, 5.74) is 0. The van der Waals surface area contributed by atoms with E-state index in [1.165, 1.54) is 25.7 Å². The standard InChI is InChI=1S/C12H25NO/c1-4-8-13-12(11-5-6-11)7-9-14-10(2)3/h10-13H,4-9H2,1-3H3. The summed E-state index contributed by atoms with van der Waals surface area (Å²) in [6.45, 7) is 8.50. The van der Waals surface area contributed by atoms with Crippen molar-refractivity contribution in [3.05, 3.63) is 0 Å². The van der Waals surface area contributed by atoms with E-state index < -0.39 is 0 Å². The summed E-state index contributed by atoms with van der Waals surface area (Å²) < 4.78 is 5.59. The minimum absolute atomic E-state index is 0.376. The van der Waals surface area contributed by atoms with Gasteiger partial charge in [0.25, 0.3) is 0 Å². The van der Waals surface area contributed by atoms with Crippen LogP contribution in [0.5, 0.6) is 0 Å². The van der Waals surface area contributed by atoms with E-state index in [0.29, 0.717) is 12.1 Å². The first-order valence-corrected chi connectivity index (χ1v) is 6.09.